The molecule has 0 amide bonds. The van der Waals surface area contributed by atoms with E-state index in [1.807, 2.05) is 19.1 Å². The predicted molar refractivity (Wildman–Crippen MR) is 75.3 cm³/mol. The van der Waals surface area contributed by atoms with E-state index in [0.717, 1.165) is 30.5 Å². The number of hydrogen-bond donors (Lipinski definition) is 1. The summed E-state index contributed by atoms with van der Waals surface area (Å²) in [4.78, 5) is 16.9. The van der Waals surface area contributed by atoms with Crippen LogP contribution in [0.5, 0.6) is 0 Å². The van der Waals surface area contributed by atoms with Gasteiger partial charge in [0.2, 0.25) is 0 Å². The molecule has 0 bridgehead atoms. The molecule has 104 valence electrons. The lowest BCUT2D eigenvalue weighted by Gasteiger charge is -2.21. The number of carbonyl (C=O) groups is 1. The summed E-state index contributed by atoms with van der Waals surface area (Å²) in [5.74, 6) is -0.0920. The second-order valence-electron chi connectivity index (χ2n) is 3.90. The van der Waals surface area contributed by atoms with Gasteiger partial charge < -0.3 is 14.7 Å². The summed E-state index contributed by atoms with van der Waals surface area (Å²) in [6.07, 6.45) is 4.29. The van der Waals surface area contributed by atoms with Crippen LogP contribution < -0.4 is 4.90 Å². The van der Waals surface area contributed by atoms with Crippen molar-refractivity contribution in [2.45, 2.75) is 13.8 Å². The highest BCUT2D eigenvalue weighted by atomic mass is 16.5. The van der Waals surface area contributed by atoms with Crippen LogP contribution in [0.2, 0.25) is 0 Å². The highest BCUT2D eigenvalue weighted by molar-refractivity contribution is 5.85. The molecule has 0 aliphatic heterocycles. The van der Waals surface area contributed by atoms with Crippen LogP contribution in [0.25, 0.3) is 6.08 Å². The molecule has 5 heteroatoms. The second kappa shape index (κ2) is 8.26. The molecule has 1 aromatic heterocycles. The Morgan fingerprint density at radius 1 is 1.47 bits per heavy atom. The van der Waals surface area contributed by atoms with Gasteiger partial charge in [-0.3, -0.25) is 0 Å². The third-order valence-electron chi connectivity index (χ3n) is 2.60. The zero-order valence-electron chi connectivity index (χ0n) is 11.4. The minimum absolute atomic E-state index is 0.673. The maximum absolute atomic E-state index is 10.4. The number of likely N-dealkylation sites (N-methyl/N-ethyl adjacent to an activating group) is 1. The molecule has 0 fully saturated rings. The second-order valence-corrected chi connectivity index (χ2v) is 3.90. The molecule has 1 N–H and O–H groups in total. The van der Waals surface area contributed by atoms with Gasteiger partial charge in [0, 0.05) is 32.0 Å². The van der Waals surface area contributed by atoms with Crippen molar-refractivity contribution in [3.63, 3.8) is 0 Å². The molecule has 0 radical (unpaired) electrons. The van der Waals surface area contributed by atoms with Gasteiger partial charge in [0.15, 0.2) is 0 Å². The smallest absolute Gasteiger partial charge is 0.328 e. The van der Waals surface area contributed by atoms with E-state index < -0.39 is 5.97 Å². The Hall–Kier alpha value is -1.88. The van der Waals surface area contributed by atoms with Crippen LogP contribution in [0.4, 0.5) is 5.82 Å². The van der Waals surface area contributed by atoms with Crippen molar-refractivity contribution < 1.29 is 14.6 Å². The largest absolute Gasteiger partial charge is 0.478 e. The van der Waals surface area contributed by atoms with Crippen molar-refractivity contribution in [2.24, 2.45) is 0 Å². The summed E-state index contributed by atoms with van der Waals surface area (Å²) in [6.45, 7) is 7.06. The van der Waals surface area contributed by atoms with Crippen LogP contribution in [-0.4, -0.2) is 42.4 Å². The monoisotopic (exact) mass is 264 g/mol. The molecule has 0 aliphatic rings. The van der Waals surface area contributed by atoms with E-state index in [2.05, 4.69) is 16.8 Å². The molecule has 0 aliphatic carbocycles. The van der Waals surface area contributed by atoms with E-state index in [9.17, 15) is 4.79 Å². The molecular weight excluding hydrogens is 244 g/mol. The van der Waals surface area contributed by atoms with Crippen LogP contribution in [0.15, 0.2) is 24.4 Å². The number of pyridine rings is 1. The molecule has 0 spiro atoms. The van der Waals surface area contributed by atoms with E-state index >= 15 is 0 Å². The molecule has 1 aromatic rings. The molecule has 0 saturated carbocycles. The number of ether oxygens (including phenoxy) is 1. The maximum atomic E-state index is 10.4. The number of hydrogen-bond acceptors (Lipinski definition) is 4. The first-order chi connectivity index (χ1) is 9.17. The van der Waals surface area contributed by atoms with Crippen LogP contribution >= 0.6 is 0 Å². The zero-order chi connectivity index (χ0) is 14.1. The Balaban J connectivity index is 2.64. The fraction of sp³-hybridized carbons (Fsp3) is 0.429. The molecule has 5 nitrogen and oxygen atoms in total. The third kappa shape index (κ3) is 5.52. The molecule has 1 heterocycles. The maximum Gasteiger partial charge on any atom is 0.328 e. The minimum Gasteiger partial charge on any atom is -0.478 e. The van der Waals surface area contributed by atoms with E-state index in [0.29, 0.717) is 13.2 Å². The Kier molecular flexibility index (Phi) is 6.60. The normalized spacial score (nSPS) is 10.8. The molecule has 0 atom stereocenters. The van der Waals surface area contributed by atoms with Gasteiger partial charge in [-0.2, -0.15) is 0 Å². The summed E-state index contributed by atoms with van der Waals surface area (Å²) in [6, 6.07) is 3.74. The first kappa shape index (κ1) is 15.2. The highest BCUT2D eigenvalue weighted by Crippen LogP contribution is 2.11. The average Bonchev–Trinajstić information content (AvgIpc) is 2.42. The lowest BCUT2D eigenvalue weighted by Crippen LogP contribution is -2.27. The van der Waals surface area contributed by atoms with Gasteiger partial charge in [0.05, 0.1) is 6.61 Å². The quantitative estimate of drug-likeness (QED) is 0.575. The van der Waals surface area contributed by atoms with Crippen molar-refractivity contribution >= 4 is 17.9 Å². The van der Waals surface area contributed by atoms with Crippen LogP contribution in [0.1, 0.15) is 19.4 Å². The first-order valence-electron chi connectivity index (χ1n) is 6.37. The average molecular weight is 264 g/mol. The first-order valence-corrected chi connectivity index (χ1v) is 6.37. The number of anilines is 1. The van der Waals surface area contributed by atoms with Crippen molar-refractivity contribution in [1.29, 1.82) is 0 Å². The van der Waals surface area contributed by atoms with Gasteiger partial charge >= 0.3 is 5.97 Å². The zero-order valence-corrected chi connectivity index (χ0v) is 11.4. The SMILES string of the molecule is CCOCCN(CC)c1ccc(/C=C/C(=O)O)cn1. The fourth-order valence-electron chi connectivity index (χ4n) is 1.60. The molecule has 1 rings (SSSR count). The number of aliphatic carboxylic acids is 1. The van der Waals surface area contributed by atoms with Gasteiger partial charge in [0.1, 0.15) is 5.82 Å². The van der Waals surface area contributed by atoms with E-state index in [1.54, 1.807) is 6.20 Å². The van der Waals surface area contributed by atoms with E-state index in [-0.39, 0.29) is 0 Å². The van der Waals surface area contributed by atoms with Crippen molar-refractivity contribution in [1.82, 2.24) is 4.98 Å². The van der Waals surface area contributed by atoms with Crippen molar-refractivity contribution in [2.75, 3.05) is 31.2 Å². The number of carboxylic acid groups (broad SMARTS) is 1. The predicted octanol–water partition coefficient (Wildman–Crippen LogP) is 2.04. The third-order valence-corrected chi connectivity index (χ3v) is 2.60. The fourth-order valence-corrected chi connectivity index (χ4v) is 1.60. The molecular formula is C14H20N2O3. The minimum atomic E-state index is -0.962. The Labute approximate surface area is 113 Å². The van der Waals surface area contributed by atoms with Crippen LogP contribution in [0, 0.1) is 0 Å². The van der Waals surface area contributed by atoms with Gasteiger partial charge in [-0.15, -0.1) is 0 Å². The van der Waals surface area contributed by atoms with Gasteiger partial charge in [-0.1, -0.05) is 0 Å². The summed E-state index contributed by atoms with van der Waals surface area (Å²) in [7, 11) is 0. The van der Waals surface area contributed by atoms with Crippen LogP contribution in [0.3, 0.4) is 0 Å². The number of aromatic nitrogens is 1. The Morgan fingerprint density at radius 2 is 2.26 bits per heavy atom. The summed E-state index contributed by atoms with van der Waals surface area (Å²) in [5, 5.41) is 8.55. The Morgan fingerprint density at radius 3 is 2.79 bits per heavy atom. The summed E-state index contributed by atoms with van der Waals surface area (Å²) >= 11 is 0. The van der Waals surface area contributed by atoms with Gasteiger partial charge in [0.25, 0.3) is 0 Å². The van der Waals surface area contributed by atoms with Crippen molar-refractivity contribution in [3.8, 4) is 0 Å². The summed E-state index contributed by atoms with van der Waals surface area (Å²) < 4.78 is 5.33. The highest BCUT2D eigenvalue weighted by Gasteiger charge is 2.04. The van der Waals surface area contributed by atoms with Gasteiger partial charge in [-0.05, 0) is 37.6 Å². The lowest BCUT2D eigenvalue weighted by atomic mass is 10.2. The number of carboxylic acids is 1. The van der Waals surface area contributed by atoms with Gasteiger partial charge in [-0.25, -0.2) is 9.78 Å². The van der Waals surface area contributed by atoms with E-state index in [1.165, 1.54) is 6.08 Å². The van der Waals surface area contributed by atoms with Crippen LogP contribution in [-0.2, 0) is 9.53 Å². The molecule has 0 aromatic carbocycles. The lowest BCUT2D eigenvalue weighted by molar-refractivity contribution is -0.131. The molecule has 0 unspecified atom stereocenters. The summed E-state index contributed by atoms with van der Waals surface area (Å²) in [5.41, 5.74) is 0.770. The molecule has 19 heavy (non-hydrogen) atoms. The number of rotatable bonds is 8. The molecule has 0 saturated heterocycles. The van der Waals surface area contributed by atoms with Crippen molar-refractivity contribution in [3.05, 3.63) is 30.0 Å². The number of nitrogens with zero attached hydrogens (tertiary/aromatic N) is 2. The standard InChI is InChI=1S/C14H20N2O3/c1-3-16(9-10-19-4-2)13-7-5-12(11-15-13)6-8-14(17)18/h5-8,11H,3-4,9-10H2,1-2H3,(H,17,18)/b8-6+. The Bertz CT molecular complexity index is 415. The van der Waals surface area contributed by atoms with E-state index in [4.69, 9.17) is 9.84 Å². The topological polar surface area (TPSA) is 62.7 Å².